The summed E-state index contributed by atoms with van der Waals surface area (Å²) in [5.74, 6) is 1.42. The van der Waals surface area contributed by atoms with Gasteiger partial charge in [-0.3, -0.25) is 9.78 Å². The average molecular weight is 363 g/mol. The van der Waals surface area contributed by atoms with Crippen LogP contribution in [-0.4, -0.2) is 51.9 Å². The van der Waals surface area contributed by atoms with Gasteiger partial charge in [0.05, 0.1) is 12.0 Å². The highest BCUT2D eigenvalue weighted by atomic mass is 16.3. The van der Waals surface area contributed by atoms with Crippen molar-refractivity contribution in [1.82, 2.24) is 19.9 Å². The van der Waals surface area contributed by atoms with Crippen LogP contribution in [0.3, 0.4) is 0 Å². The number of carbonyl (C=O) groups excluding carboxylic acids is 1. The maximum absolute atomic E-state index is 11.5. The molecule has 7 heteroatoms. The van der Waals surface area contributed by atoms with Crippen LogP contribution < -0.4 is 4.90 Å². The van der Waals surface area contributed by atoms with Crippen molar-refractivity contribution in [3.63, 3.8) is 0 Å². The number of rotatable bonds is 3. The van der Waals surface area contributed by atoms with E-state index in [0.717, 1.165) is 22.6 Å². The Kier molecular flexibility index (Phi) is 4.58. The monoisotopic (exact) mass is 363 g/mol. The molecule has 0 atom stereocenters. The van der Waals surface area contributed by atoms with Crippen LogP contribution in [0.25, 0.3) is 22.7 Å². The molecule has 3 aromatic rings. The van der Waals surface area contributed by atoms with Crippen LogP contribution >= 0.6 is 0 Å². The number of anilines is 1. The molecule has 1 aliphatic heterocycles. The van der Waals surface area contributed by atoms with Crippen LogP contribution in [0.2, 0.25) is 0 Å². The van der Waals surface area contributed by atoms with E-state index in [9.17, 15) is 4.79 Å². The van der Waals surface area contributed by atoms with Gasteiger partial charge in [-0.15, -0.1) is 0 Å². The van der Waals surface area contributed by atoms with Crippen molar-refractivity contribution < 1.29 is 9.21 Å². The van der Waals surface area contributed by atoms with Crippen LogP contribution in [0.1, 0.15) is 12.6 Å². The predicted molar refractivity (Wildman–Crippen MR) is 102 cm³/mol. The Morgan fingerprint density at radius 1 is 1.07 bits per heavy atom. The van der Waals surface area contributed by atoms with Gasteiger partial charge >= 0.3 is 0 Å². The number of amides is 1. The Hall–Kier alpha value is -3.22. The standard InChI is InChI=1S/C20H21N5O2/c1-14-5-3-6-17(22-14)16-13-21-20(23-19(16)18-7-4-12-27-18)25-10-8-24(9-11-25)15(2)26/h3-7,12-13H,8-11H2,1-2H3. The summed E-state index contributed by atoms with van der Waals surface area (Å²) in [6.07, 6.45) is 3.44. The Labute approximate surface area is 157 Å². The number of aryl methyl sites for hydroxylation is 1. The molecule has 0 aliphatic carbocycles. The molecule has 3 aromatic heterocycles. The largest absolute Gasteiger partial charge is 0.463 e. The third kappa shape index (κ3) is 3.53. The molecule has 4 rings (SSSR count). The molecule has 1 amide bonds. The fourth-order valence-electron chi connectivity index (χ4n) is 3.23. The molecule has 138 valence electrons. The zero-order valence-corrected chi connectivity index (χ0v) is 15.4. The van der Waals surface area contributed by atoms with Gasteiger partial charge in [-0.1, -0.05) is 6.07 Å². The molecule has 4 heterocycles. The van der Waals surface area contributed by atoms with Gasteiger partial charge in [-0.05, 0) is 31.2 Å². The van der Waals surface area contributed by atoms with Crippen molar-refractivity contribution in [2.75, 3.05) is 31.1 Å². The summed E-state index contributed by atoms with van der Waals surface area (Å²) in [5, 5.41) is 0. The minimum Gasteiger partial charge on any atom is -0.463 e. The third-order valence-corrected chi connectivity index (χ3v) is 4.70. The van der Waals surface area contributed by atoms with Gasteiger partial charge in [-0.25, -0.2) is 9.97 Å². The number of piperazine rings is 1. The smallest absolute Gasteiger partial charge is 0.226 e. The summed E-state index contributed by atoms with van der Waals surface area (Å²) >= 11 is 0. The second-order valence-corrected chi connectivity index (χ2v) is 6.57. The van der Waals surface area contributed by atoms with Crippen LogP contribution in [0, 0.1) is 6.92 Å². The van der Waals surface area contributed by atoms with Crippen molar-refractivity contribution >= 4 is 11.9 Å². The Morgan fingerprint density at radius 2 is 1.89 bits per heavy atom. The quantitative estimate of drug-likeness (QED) is 0.712. The summed E-state index contributed by atoms with van der Waals surface area (Å²) in [7, 11) is 0. The number of pyridine rings is 1. The van der Waals surface area contributed by atoms with Crippen molar-refractivity contribution in [2.45, 2.75) is 13.8 Å². The van der Waals surface area contributed by atoms with Crippen LogP contribution in [0.15, 0.2) is 47.2 Å². The van der Waals surface area contributed by atoms with Crippen LogP contribution in [-0.2, 0) is 4.79 Å². The molecule has 0 bridgehead atoms. The van der Waals surface area contributed by atoms with E-state index in [-0.39, 0.29) is 5.91 Å². The fraction of sp³-hybridized carbons (Fsp3) is 0.300. The molecule has 7 nitrogen and oxygen atoms in total. The molecule has 1 saturated heterocycles. The lowest BCUT2D eigenvalue weighted by Crippen LogP contribution is -2.48. The minimum atomic E-state index is 0.104. The summed E-state index contributed by atoms with van der Waals surface area (Å²) in [5.41, 5.74) is 3.30. The van der Waals surface area contributed by atoms with Crippen molar-refractivity contribution in [1.29, 1.82) is 0 Å². The Balaban J connectivity index is 1.70. The lowest BCUT2D eigenvalue weighted by atomic mass is 10.1. The van der Waals surface area contributed by atoms with E-state index in [1.54, 1.807) is 19.4 Å². The van der Waals surface area contributed by atoms with Crippen molar-refractivity contribution in [3.05, 3.63) is 48.5 Å². The first-order valence-corrected chi connectivity index (χ1v) is 8.97. The molecular formula is C20H21N5O2. The first-order chi connectivity index (χ1) is 13.1. The first kappa shape index (κ1) is 17.2. The molecule has 0 unspecified atom stereocenters. The number of nitrogens with zero attached hydrogens (tertiary/aromatic N) is 5. The van der Waals surface area contributed by atoms with E-state index in [0.29, 0.717) is 37.9 Å². The van der Waals surface area contributed by atoms with Gasteiger partial charge < -0.3 is 14.2 Å². The van der Waals surface area contributed by atoms with Gasteiger partial charge in [0.15, 0.2) is 5.76 Å². The number of hydrogen-bond acceptors (Lipinski definition) is 6. The molecule has 0 N–H and O–H groups in total. The first-order valence-electron chi connectivity index (χ1n) is 8.97. The van der Waals surface area contributed by atoms with E-state index in [1.807, 2.05) is 42.2 Å². The van der Waals surface area contributed by atoms with E-state index in [1.165, 1.54) is 0 Å². The average Bonchev–Trinajstić information content (AvgIpc) is 3.22. The maximum atomic E-state index is 11.5. The molecule has 1 aliphatic rings. The highest BCUT2D eigenvalue weighted by Gasteiger charge is 2.22. The zero-order chi connectivity index (χ0) is 18.8. The molecule has 0 saturated carbocycles. The van der Waals surface area contributed by atoms with Crippen LogP contribution in [0.4, 0.5) is 5.95 Å². The van der Waals surface area contributed by atoms with E-state index < -0.39 is 0 Å². The molecule has 27 heavy (non-hydrogen) atoms. The topological polar surface area (TPSA) is 75.4 Å². The van der Waals surface area contributed by atoms with E-state index in [2.05, 4.69) is 14.9 Å². The van der Waals surface area contributed by atoms with E-state index in [4.69, 9.17) is 9.40 Å². The SMILES string of the molecule is CC(=O)N1CCN(c2ncc(-c3cccc(C)n3)c(-c3ccco3)n2)CC1. The van der Waals surface area contributed by atoms with Gasteiger partial charge in [0.25, 0.3) is 0 Å². The van der Waals surface area contributed by atoms with Crippen molar-refractivity contribution in [3.8, 4) is 22.7 Å². The van der Waals surface area contributed by atoms with Gasteiger partial charge in [0, 0.05) is 50.6 Å². The lowest BCUT2D eigenvalue weighted by Gasteiger charge is -2.34. The molecule has 0 spiro atoms. The number of carbonyl (C=O) groups is 1. The highest BCUT2D eigenvalue weighted by molar-refractivity contribution is 5.77. The van der Waals surface area contributed by atoms with Crippen molar-refractivity contribution in [2.24, 2.45) is 0 Å². The van der Waals surface area contributed by atoms with Crippen LogP contribution in [0.5, 0.6) is 0 Å². The number of hydrogen-bond donors (Lipinski definition) is 0. The predicted octanol–water partition coefficient (Wildman–Crippen LogP) is 2.78. The summed E-state index contributed by atoms with van der Waals surface area (Å²) in [6, 6.07) is 9.61. The minimum absolute atomic E-state index is 0.104. The maximum Gasteiger partial charge on any atom is 0.226 e. The summed E-state index contributed by atoms with van der Waals surface area (Å²) < 4.78 is 5.61. The Morgan fingerprint density at radius 3 is 2.56 bits per heavy atom. The second-order valence-electron chi connectivity index (χ2n) is 6.57. The van der Waals surface area contributed by atoms with Gasteiger partial charge in [-0.2, -0.15) is 0 Å². The molecular weight excluding hydrogens is 342 g/mol. The Bertz CT molecular complexity index is 947. The normalized spacial score (nSPS) is 14.4. The summed E-state index contributed by atoms with van der Waals surface area (Å²) in [6.45, 7) is 6.33. The zero-order valence-electron chi connectivity index (χ0n) is 15.4. The highest BCUT2D eigenvalue weighted by Crippen LogP contribution is 2.31. The van der Waals surface area contributed by atoms with Gasteiger partial charge in [0.2, 0.25) is 11.9 Å². The lowest BCUT2D eigenvalue weighted by molar-refractivity contribution is -0.129. The molecule has 0 aromatic carbocycles. The van der Waals surface area contributed by atoms with E-state index >= 15 is 0 Å². The fourth-order valence-corrected chi connectivity index (χ4v) is 3.23. The number of aromatic nitrogens is 3. The molecule has 0 radical (unpaired) electrons. The second kappa shape index (κ2) is 7.19. The number of furan rings is 1. The molecule has 1 fully saturated rings. The third-order valence-electron chi connectivity index (χ3n) is 4.70. The van der Waals surface area contributed by atoms with Gasteiger partial charge in [0.1, 0.15) is 5.69 Å². The summed E-state index contributed by atoms with van der Waals surface area (Å²) in [4.78, 5) is 29.5.